The van der Waals surface area contributed by atoms with Gasteiger partial charge in [-0.1, -0.05) is 11.6 Å². The quantitative estimate of drug-likeness (QED) is 0.848. The molecule has 1 aliphatic carbocycles. The maximum absolute atomic E-state index is 10.2. The number of rotatable bonds is 2. The fraction of sp³-hybridized carbons (Fsp3) is 0.643. The monoisotopic (exact) mass is 295 g/mol. The first-order chi connectivity index (χ1) is 9.16. The van der Waals surface area contributed by atoms with E-state index in [1.54, 1.807) is 12.4 Å². The van der Waals surface area contributed by atoms with Gasteiger partial charge in [-0.25, -0.2) is 0 Å². The van der Waals surface area contributed by atoms with Gasteiger partial charge in [-0.15, -0.1) is 0 Å². The van der Waals surface area contributed by atoms with Crippen molar-refractivity contribution >= 4 is 24.2 Å². The molecule has 1 aliphatic heterocycles. The number of pyridine rings is 1. The van der Waals surface area contributed by atoms with Gasteiger partial charge in [0.05, 0.1) is 16.8 Å². The number of nitrogens with zero attached hydrogens (tertiary/aromatic N) is 1. The zero-order valence-electron chi connectivity index (χ0n) is 12.2. The van der Waals surface area contributed by atoms with E-state index in [0.717, 1.165) is 12.8 Å². The van der Waals surface area contributed by atoms with E-state index in [1.807, 2.05) is 27.7 Å². The molecule has 2 heterocycles. The number of hydrogen-bond donors (Lipinski definition) is 1. The number of aromatic nitrogens is 1. The lowest BCUT2D eigenvalue weighted by Gasteiger charge is -2.32. The Morgan fingerprint density at radius 1 is 1.15 bits per heavy atom. The Balaban J connectivity index is 1.97. The Hall–Kier alpha value is -0.615. The lowest BCUT2D eigenvalue weighted by Crippen LogP contribution is -2.41. The summed E-state index contributed by atoms with van der Waals surface area (Å²) in [5, 5.41) is 10.7. The molecular formula is C14H19BClNO3. The molecule has 0 spiro atoms. The molecular weight excluding hydrogens is 276 g/mol. The van der Waals surface area contributed by atoms with E-state index >= 15 is 0 Å². The van der Waals surface area contributed by atoms with Crippen LogP contribution >= 0.6 is 11.6 Å². The van der Waals surface area contributed by atoms with Crippen LogP contribution in [0.25, 0.3) is 0 Å². The molecule has 1 N–H and O–H groups in total. The van der Waals surface area contributed by atoms with Gasteiger partial charge < -0.3 is 14.4 Å². The summed E-state index contributed by atoms with van der Waals surface area (Å²) in [6.07, 6.45) is 4.73. The summed E-state index contributed by atoms with van der Waals surface area (Å²) in [5.74, 6) is 0. The van der Waals surface area contributed by atoms with Gasteiger partial charge in [0.15, 0.2) is 0 Å². The zero-order chi connectivity index (χ0) is 14.8. The minimum absolute atomic E-state index is 0.423. The van der Waals surface area contributed by atoms with Crippen molar-refractivity contribution in [3.05, 3.63) is 23.0 Å². The maximum Gasteiger partial charge on any atom is 0.497 e. The van der Waals surface area contributed by atoms with E-state index in [-0.39, 0.29) is 0 Å². The highest BCUT2D eigenvalue weighted by atomic mass is 35.5. The van der Waals surface area contributed by atoms with Crippen LogP contribution in [-0.2, 0) is 14.9 Å². The van der Waals surface area contributed by atoms with Crippen LogP contribution in [0.2, 0.25) is 5.02 Å². The summed E-state index contributed by atoms with van der Waals surface area (Å²) in [6, 6.07) is 0. The molecule has 1 aromatic rings. The topological polar surface area (TPSA) is 51.6 Å². The molecule has 0 amide bonds. The third-order valence-corrected chi connectivity index (χ3v) is 5.06. The van der Waals surface area contributed by atoms with E-state index in [4.69, 9.17) is 20.9 Å². The lowest BCUT2D eigenvalue weighted by molar-refractivity contribution is 0.00578. The van der Waals surface area contributed by atoms with E-state index in [1.165, 1.54) is 0 Å². The molecule has 3 rings (SSSR count). The summed E-state index contributed by atoms with van der Waals surface area (Å²) in [7, 11) is -0.553. The summed E-state index contributed by atoms with van der Waals surface area (Å²) in [6.45, 7) is 7.97. The smallest absolute Gasteiger partial charge is 0.399 e. The summed E-state index contributed by atoms with van der Waals surface area (Å²) in [5.41, 5.74) is -0.306. The second-order valence-corrected chi connectivity index (χ2v) is 7.09. The number of hydrogen-bond acceptors (Lipinski definition) is 4. The summed E-state index contributed by atoms with van der Waals surface area (Å²) >= 11 is 6.44. The first-order valence-corrected chi connectivity index (χ1v) is 7.26. The average Bonchev–Trinajstić information content (AvgIpc) is 3.01. The minimum atomic E-state index is -0.816. The van der Waals surface area contributed by atoms with Crippen LogP contribution in [0.5, 0.6) is 0 Å². The molecule has 4 nitrogen and oxygen atoms in total. The predicted molar refractivity (Wildman–Crippen MR) is 78.1 cm³/mol. The summed E-state index contributed by atoms with van der Waals surface area (Å²) < 4.78 is 12.0. The Morgan fingerprint density at radius 3 is 2.20 bits per heavy atom. The second kappa shape index (κ2) is 4.20. The standard InChI is InChI=1S/C14H19BClNO3/c1-12(2)13(3,4)20-15(19-12)10-8-17-7-9(11(10)16)14(18)5-6-14/h7-8,18H,5-6H2,1-4H3. The van der Waals surface area contributed by atoms with Crippen LogP contribution in [0.15, 0.2) is 12.4 Å². The van der Waals surface area contributed by atoms with Crippen molar-refractivity contribution in [2.45, 2.75) is 57.3 Å². The van der Waals surface area contributed by atoms with Gasteiger partial charge in [0, 0.05) is 28.4 Å². The fourth-order valence-corrected chi connectivity index (χ4v) is 2.67. The Bertz CT molecular complexity index is 541. The predicted octanol–water partition coefficient (Wildman–Crippen LogP) is 2.02. The van der Waals surface area contributed by atoms with Crippen LogP contribution in [0, 0.1) is 0 Å². The van der Waals surface area contributed by atoms with E-state index in [2.05, 4.69) is 4.98 Å². The molecule has 0 aromatic carbocycles. The highest BCUT2D eigenvalue weighted by Crippen LogP contribution is 2.47. The molecule has 0 radical (unpaired) electrons. The molecule has 1 saturated heterocycles. The average molecular weight is 296 g/mol. The third-order valence-electron chi connectivity index (χ3n) is 4.64. The first-order valence-electron chi connectivity index (χ1n) is 6.88. The number of halogens is 1. The van der Waals surface area contributed by atoms with Crippen molar-refractivity contribution in [3.63, 3.8) is 0 Å². The van der Waals surface area contributed by atoms with Gasteiger partial charge in [-0.3, -0.25) is 4.98 Å². The fourth-order valence-electron chi connectivity index (χ4n) is 2.31. The lowest BCUT2D eigenvalue weighted by atomic mass is 9.79. The third kappa shape index (κ3) is 2.08. The highest BCUT2D eigenvalue weighted by molar-refractivity contribution is 6.65. The largest absolute Gasteiger partial charge is 0.497 e. The van der Waals surface area contributed by atoms with Crippen molar-refractivity contribution in [2.24, 2.45) is 0 Å². The molecule has 108 valence electrons. The highest BCUT2D eigenvalue weighted by Gasteiger charge is 2.53. The van der Waals surface area contributed by atoms with E-state index in [9.17, 15) is 5.11 Å². The maximum atomic E-state index is 10.2. The van der Waals surface area contributed by atoms with Gasteiger partial charge in [0.1, 0.15) is 0 Å². The molecule has 1 aromatic heterocycles. The minimum Gasteiger partial charge on any atom is -0.399 e. The van der Waals surface area contributed by atoms with Crippen molar-refractivity contribution < 1.29 is 14.4 Å². The second-order valence-electron chi connectivity index (χ2n) is 6.71. The summed E-state index contributed by atoms with van der Waals surface area (Å²) in [4.78, 5) is 4.19. The van der Waals surface area contributed by atoms with Crippen molar-refractivity contribution in [1.29, 1.82) is 0 Å². The molecule has 0 atom stereocenters. The SMILES string of the molecule is CC1(C)OB(c2cncc(C3(O)CC3)c2Cl)OC1(C)C. The van der Waals surface area contributed by atoms with Crippen LogP contribution in [-0.4, -0.2) is 28.4 Å². The number of aliphatic hydroxyl groups is 1. The van der Waals surface area contributed by atoms with Crippen molar-refractivity contribution in [1.82, 2.24) is 4.98 Å². The van der Waals surface area contributed by atoms with Gasteiger partial charge in [-0.05, 0) is 40.5 Å². The first kappa shape index (κ1) is 14.3. The Kier molecular flexibility index (Phi) is 3.01. The molecule has 1 saturated carbocycles. The van der Waals surface area contributed by atoms with Gasteiger partial charge in [-0.2, -0.15) is 0 Å². The van der Waals surface area contributed by atoms with Gasteiger partial charge >= 0.3 is 7.12 Å². The van der Waals surface area contributed by atoms with Crippen LogP contribution in [0.4, 0.5) is 0 Å². The molecule has 6 heteroatoms. The van der Waals surface area contributed by atoms with Crippen molar-refractivity contribution in [3.8, 4) is 0 Å². The van der Waals surface area contributed by atoms with Crippen molar-refractivity contribution in [2.75, 3.05) is 0 Å². The Labute approximate surface area is 124 Å². The van der Waals surface area contributed by atoms with E-state index < -0.39 is 23.9 Å². The van der Waals surface area contributed by atoms with Gasteiger partial charge in [0.2, 0.25) is 0 Å². The van der Waals surface area contributed by atoms with Gasteiger partial charge in [0.25, 0.3) is 0 Å². The normalized spacial score (nSPS) is 25.8. The Morgan fingerprint density at radius 2 is 1.70 bits per heavy atom. The molecule has 0 bridgehead atoms. The molecule has 20 heavy (non-hydrogen) atoms. The molecule has 2 aliphatic rings. The van der Waals surface area contributed by atoms with Crippen LogP contribution in [0.1, 0.15) is 46.1 Å². The van der Waals surface area contributed by atoms with E-state index in [0.29, 0.717) is 16.0 Å². The van der Waals surface area contributed by atoms with Crippen LogP contribution in [0.3, 0.4) is 0 Å². The zero-order valence-corrected chi connectivity index (χ0v) is 13.0. The molecule has 2 fully saturated rings. The molecule has 0 unspecified atom stereocenters. The van der Waals surface area contributed by atoms with Crippen LogP contribution < -0.4 is 5.46 Å².